The number of aliphatic hydroxyl groups is 1. The topological polar surface area (TPSA) is 478 Å². The number of aromatic amines is 3. The van der Waals surface area contributed by atoms with Crippen molar-refractivity contribution in [1.29, 1.82) is 0 Å². The number of carbonyl (C=O) groups is 10. The summed E-state index contributed by atoms with van der Waals surface area (Å²) in [5, 5.41) is 46.6. The number of halogens is 1. The van der Waals surface area contributed by atoms with Crippen molar-refractivity contribution in [2.45, 2.75) is 166 Å². The number of carbonyl (C=O) groups excluding carboxylic acids is 10. The van der Waals surface area contributed by atoms with Gasteiger partial charge in [-0.15, -0.1) is 0 Å². The average Bonchev–Trinajstić information content (AvgIpc) is 1.78. The SMILES string of the molecule is CCNC(=O)[C@@H]1CCCN1C(=O)[C@@H](CCCN=C(N)N)NC(=O)[C@@H](CC(C)C)NC(=O)[C@@H](CC(C)C)NC(=O)[C@@H](Cc1ccc(O)cc1)NC(=O)[C@@H](CO)NC(=O)[C@H](Cc1c[nH]c2ccccc12)NC(=O)[C@H](Cc1cnc[nH]1)NC(=O)[C@H]1CCC(=O)N1.Clc1cccc(C(c2ccc3nc[nH]c3c2)n2ccnc2)c1. The number of likely N-dealkylation sites (N-methyl/N-ethyl adjacent to an activating group) is 1. The van der Waals surface area contributed by atoms with Crippen LogP contribution in [0.5, 0.6) is 5.75 Å². The molecule has 0 spiro atoms. The second kappa shape index (κ2) is 39.3. The number of nitrogens with zero attached hydrogens (tertiary/aromatic N) is 6. The predicted octanol–water partition coefficient (Wildman–Crippen LogP) is 2.61. The highest BCUT2D eigenvalue weighted by Gasteiger charge is 2.40. The zero-order chi connectivity index (χ0) is 78.3. The number of H-pyrrole nitrogens is 3. The van der Waals surface area contributed by atoms with E-state index in [1.54, 1.807) is 57.7 Å². The number of aliphatic imine (C=N–C) groups is 1. The molecule has 109 heavy (non-hydrogen) atoms. The van der Waals surface area contributed by atoms with E-state index in [2.05, 4.69) is 106 Å². The molecular formula is C76H97ClN20O12. The first-order valence-corrected chi connectivity index (χ1v) is 36.8. The minimum atomic E-state index is -1.75. The minimum Gasteiger partial charge on any atom is -0.508 e. The lowest BCUT2D eigenvalue weighted by Crippen LogP contribution is -2.61. The standard InChI is InChI=1S/C59H84N16O12.C17H13ClN4/c1-6-63-57(86)48-14-10-22-75(48)58(87)41(13-9-21-64-59(60)61)68-51(80)42(23-32(2)3)69-52(81)43(24-33(4)5)70-53(82)44(25-34-15-17-37(77)18-16-34)71-56(85)47(30-76)74-54(83)45(26-35-28-65-39-12-8-7-11-38(35)39)72-55(84)46(27-36-29-62-31-66-36)73-50(79)40-19-20-49(78)67-40;18-14-3-1-2-12(8-14)17(22-7-6-19-11-22)13-4-5-15-16(9-13)21-10-20-15/h7-8,11-12,15-18,28-29,31-33,40-48,65,76-77H,6,9-10,13-14,19-27,30H2,1-5H3,(H,62,66)(H,63,86)(H,67,78)(H,68,80)(H,69,81)(H,70,82)(H,71,85)(H,72,84)(H,73,79)(H,74,83)(H4,60,61,64);1-11,17H,(H,20,21)/t40-,41-,42-,43-,44-,45+,46+,47-,48+;/m1./s1. The smallest absolute Gasteiger partial charge is 0.245 e. The molecule has 2 aliphatic heterocycles. The van der Waals surface area contributed by atoms with Gasteiger partial charge in [-0.3, -0.25) is 52.9 Å². The number of para-hydroxylation sites is 1. The van der Waals surface area contributed by atoms with Gasteiger partial charge < -0.3 is 94.0 Å². The summed E-state index contributed by atoms with van der Waals surface area (Å²) in [5.74, 6) is -7.55. The normalized spacial score (nSPS) is 16.2. The first-order valence-electron chi connectivity index (χ1n) is 36.5. The zero-order valence-electron chi connectivity index (χ0n) is 61.4. The lowest BCUT2D eigenvalue weighted by atomic mass is 9.98. The molecule has 4 aromatic heterocycles. The van der Waals surface area contributed by atoms with Crippen molar-refractivity contribution in [3.05, 3.63) is 168 Å². The third-order valence-electron chi connectivity index (χ3n) is 18.7. The van der Waals surface area contributed by atoms with Crippen LogP contribution in [0.25, 0.3) is 21.9 Å². The number of nitrogens with two attached hydrogens (primary N) is 2. The lowest BCUT2D eigenvalue weighted by molar-refractivity contribution is -0.142. The molecule has 10 amide bonds. The van der Waals surface area contributed by atoms with Crippen molar-refractivity contribution in [2.24, 2.45) is 28.3 Å². The number of likely N-dealkylation sites (tertiary alicyclic amines) is 1. The Morgan fingerprint density at radius 2 is 1.31 bits per heavy atom. The molecule has 4 aromatic carbocycles. The molecule has 1 unspecified atom stereocenters. The van der Waals surface area contributed by atoms with Gasteiger partial charge in [-0.05, 0) is 128 Å². The summed E-state index contributed by atoms with van der Waals surface area (Å²) in [6.07, 6.45) is 13.1. The first-order chi connectivity index (χ1) is 52.3. The van der Waals surface area contributed by atoms with Gasteiger partial charge in [-0.1, -0.05) is 87.8 Å². The van der Waals surface area contributed by atoms with E-state index in [9.17, 15) is 58.2 Å². The molecule has 10 atom stereocenters. The fourth-order valence-electron chi connectivity index (χ4n) is 13.3. The molecule has 0 aliphatic carbocycles. The number of aliphatic hydroxyl groups excluding tert-OH is 1. The molecule has 10 rings (SSSR count). The van der Waals surface area contributed by atoms with Crippen molar-refractivity contribution >= 4 is 98.6 Å². The third-order valence-corrected chi connectivity index (χ3v) is 18.9. The van der Waals surface area contributed by atoms with Crippen LogP contribution in [0.3, 0.4) is 0 Å². The number of imidazole rings is 3. The second-order valence-corrected chi connectivity index (χ2v) is 28.4. The van der Waals surface area contributed by atoms with Gasteiger partial charge in [0.05, 0.1) is 42.7 Å². The van der Waals surface area contributed by atoms with Gasteiger partial charge >= 0.3 is 0 Å². The Hall–Kier alpha value is -11.7. The molecule has 2 aliphatic rings. The van der Waals surface area contributed by atoms with E-state index in [-0.39, 0.29) is 112 Å². The predicted molar refractivity (Wildman–Crippen MR) is 407 cm³/mol. The van der Waals surface area contributed by atoms with Gasteiger partial charge in [-0.2, -0.15) is 0 Å². The maximum Gasteiger partial charge on any atom is 0.245 e. The molecule has 0 radical (unpaired) electrons. The number of benzene rings is 4. The first kappa shape index (κ1) is 81.4. The van der Waals surface area contributed by atoms with E-state index >= 15 is 0 Å². The summed E-state index contributed by atoms with van der Waals surface area (Å²) in [6.45, 7) is 8.82. The van der Waals surface area contributed by atoms with Gasteiger partial charge in [0, 0.05) is 91.7 Å². The molecular weight excluding hydrogens is 1420 g/mol. The number of nitrogens with one attached hydrogen (secondary N) is 12. The Kier molecular flexibility index (Phi) is 29.3. The lowest BCUT2D eigenvalue weighted by Gasteiger charge is -2.31. The summed E-state index contributed by atoms with van der Waals surface area (Å²) < 4.78 is 2.07. The van der Waals surface area contributed by atoms with Crippen LogP contribution >= 0.6 is 11.6 Å². The summed E-state index contributed by atoms with van der Waals surface area (Å²) >= 11 is 6.17. The molecule has 32 nitrogen and oxygen atoms in total. The molecule has 8 aromatic rings. The van der Waals surface area contributed by atoms with Crippen LogP contribution in [0, 0.1) is 11.8 Å². The van der Waals surface area contributed by atoms with Crippen molar-refractivity contribution in [3.63, 3.8) is 0 Å². The minimum absolute atomic E-state index is 0.0221. The van der Waals surface area contributed by atoms with Crippen LogP contribution in [0.15, 0.2) is 140 Å². The largest absolute Gasteiger partial charge is 0.508 e. The van der Waals surface area contributed by atoms with Gasteiger partial charge in [-0.25, -0.2) is 15.0 Å². The van der Waals surface area contributed by atoms with Gasteiger partial charge in [0.25, 0.3) is 0 Å². The molecule has 33 heteroatoms. The number of rotatable bonds is 35. The number of phenolic OH excluding ortho intramolecular Hbond substituents is 1. The highest BCUT2D eigenvalue weighted by atomic mass is 35.5. The van der Waals surface area contributed by atoms with Crippen LogP contribution in [-0.4, -0.2) is 195 Å². The summed E-state index contributed by atoms with van der Waals surface area (Å²) in [6, 6.07) is 15.8. The Morgan fingerprint density at radius 1 is 0.670 bits per heavy atom. The number of amides is 10. The fourth-order valence-corrected chi connectivity index (χ4v) is 13.5. The number of fused-ring (bicyclic) bond motifs is 2. The van der Waals surface area contributed by atoms with Crippen LogP contribution in [0.4, 0.5) is 0 Å². The van der Waals surface area contributed by atoms with Gasteiger partial charge in [0.2, 0.25) is 59.1 Å². The van der Waals surface area contributed by atoms with E-state index in [4.69, 9.17) is 23.1 Å². The fraction of sp³-hybridized carbons (Fsp3) is 0.421. The monoisotopic (exact) mass is 1520 g/mol. The number of hydrogen-bond donors (Lipinski definition) is 16. The van der Waals surface area contributed by atoms with E-state index in [1.807, 2.05) is 56.7 Å². The Balaban J connectivity index is 0.000000523. The van der Waals surface area contributed by atoms with E-state index < -0.39 is 108 Å². The number of guanidine groups is 1. The highest BCUT2D eigenvalue weighted by Crippen LogP contribution is 2.31. The van der Waals surface area contributed by atoms with Crippen molar-refractivity contribution in [2.75, 3.05) is 26.2 Å². The molecule has 0 saturated carbocycles. The molecule has 6 heterocycles. The third kappa shape index (κ3) is 23.2. The number of hydrogen-bond acceptors (Lipinski definition) is 16. The highest BCUT2D eigenvalue weighted by molar-refractivity contribution is 6.30. The summed E-state index contributed by atoms with van der Waals surface area (Å²) in [7, 11) is 0. The maximum atomic E-state index is 14.7. The molecule has 580 valence electrons. The van der Waals surface area contributed by atoms with Crippen LogP contribution in [0.1, 0.15) is 120 Å². The van der Waals surface area contributed by atoms with Crippen LogP contribution < -0.4 is 59.3 Å². The summed E-state index contributed by atoms with van der Waals surface area (Å²) in [4.78, 5) is 167. The van der Waals surface area contributed by atoms with Crippen molar-refractivity contribution < 1.29 is 58.2 Å². The van der Waals surface area contributed by atoms with Crippen LogP contribution in [-0.2, 0) is 67.2 Å². The Morgan fingerprint density at radius 3 is 1.94 bits per heavy atom. The maximum absolute atomic E-state index is 14.7. The Labute approximate surface area is 634 Å². The van der Waals surface area contributed by atoms with E-state index in [0.29, 0.717) is 41.6 Å². The zero-order valence-corrected chi connectivity index (χ0v) is 62.2. The molecule has 2 saturated heterocycles. The molecule has 0 bridgehead atoms. The van der Waals surface area contributed by atoms with Crippen molar-refractivity contribution in [3.8, 4) is 5.75 Å². The van der Waals surface area contributed by atoms with E-state index in [0.717, 1.165) is 32.7 Å². The second-order valence-electron chi connectivity index (χ2n) is 27.9. The quantitative estimate of drug-likeness (QED) is 0.0154. The van der Waals surface area contributed by atoms with E-state index in [1.165, 1.54) is 41.7 Å². The van der Waals surface area contributed by atoms with Gasteiger partial charge in [0.15, 0.2) is 5.96 Å². The van der Waals surface area contributed by atoms with Gasteiger partial charge in [0.1, 0.15) is 60.1 Å². The molecule has 2 fully saturated rings. The number of phenols is 1. The average molecular weight is 1520 g/mol. The summed E-state index contributed by atoms with van der Waals surface area (Å²) in [5.41, 5.74) is 17.5. The Bertz CT molecular complexity index is 4450. The molecule has 18 N–H and O–H groups in total. The van der Waals surface area contributed by atoms with Crippen LogP contribution in [0.2, 0.25) is 5.02 Å². The van der Waals surface area contributed by atoms with Crippen molar-refractivity contribution in [1.82, 2.24) is 87.2 Å². The number of aromatic nitrogens is 7. The number of aromatic hydroxyl groups is 1.